The third kappa shape index (κ3) is 3.05. The van der Waals surface area contributed by atoms with Crippen molar-refractivity contribution in [2.45, 2.75) is 6.92 Å². The summed E-state index contributed by atoms with van der Waals surface area (Å²) in [5.41, 5.74) is 3.94. The van der Waals surface area contributed by atoms with Crippen LogP contribution < -0.4 is 5.43 Å². The third-order valence-corrected chi connectivity index (χ3v) is 1.82. The minimum Gasteiger partial charge on any atom is -0.411 e. The maximum Gasteiger partial charge on any atom is 0.271 e. The number of hydrogen-bond acceptors (Lipinski definition) is 6. The van der Waals surface area contributed by atoms with Crippen molar-refractivity contribution >= 4 is 23.8 Å². The molecule has 0 fully saturated rings. The fourth-order valence-corrected chi connectivity index (χ4v) is 1.01. The number of benzene rings is 1. The highest BCUT2D eigenvalue weighted by Gasteiger charge is 2.07. The molecule has 0 aliphatic rings. The molecule has 0 aliphatic heterocycles. The largest absolute Gasteiger partial charge is 0.411 e. The summed E-state index contributed by atoms with van der Waals surface area (Å²) in [7, 11) is 0. The predicted octanol–water partition coefficient (Wildman–Crippen LogP) is 1.76. The molecule has 0 bridgehead atoms. The third-order valence-electron chi connectivity index (χ3n) is 1.82. The molecule has 0 aromatic heterocycles. The molecule has 0 atom stereocenters. The molecule has 0 unspecified atom stereocenters. The van der Waals surface area contributed by atoms with Crippen molar-refractivity contribution in [3.8, 4) is 0 Å². The van der Waals surface area contributed by atoms with Gasteiger partial charge in [-0.05, 0) is 12.5 Å². The van der Waals surface area contributed by atoms with Crippen molar-refractivity contribution in [2.75, 3.05) is 5.43 Å². The number of rotatable bonds is 4. The molecule has 84 valence electrons. The molecule has 0 saturated carbocycles. The highest BCUT2D eigenvalue weighted by atomic mass is 16.6. The molecule has 1 aromatic rings. The smallest absolute Gasteiger partial charge is 0.271 e. The average molecular weight is 222 g/mol. The van der Waals surface area contributed by atoms with Crippen molar-refractivity contribution in [3.05, 3.63) is 33.9 Å². The molecule has 0 heterocycles. The second kappa shape index (κ2) is 5.44. The fraction of sp³-hybridized carbons (Fsp3) is 0.111. The van der Waals surface area contributed by atoms with Crippen LogP contribution in [0.2, 0.25) is 0 Å². The van der Waals surface area contributed by atoms with Gasteiger partial charge in [0.1, 0.15) is 0 Å². The van der Waals surface area contributed by atoms with Gasteiger partial charge in [0.05, 0.1) is 23.0 Å². The lowest BCUT2D eigenvalue weighted by Gasteiger charge is -2.03. The van der Waals surface area contributed by atoms with Gasteiger partial charge in [-0.2, -0.15) is 5.10 Å². The first-order chi connectivity index (χ1) is 7.65. The van der Waals surface area contributed by atoms with E-state index in [4.69, 9.17) is 5.21 Å². The summed E-state index contributed by atoms with van der Waals surface area (Å²) in [6, 6.07) is 4.41. The van der Waals surface area contributed by atoms with Gasteiger partial charge in [0, 0.05) is 12.1 Å². The Labute approximate surface area is 91.2 Å². The zero-order valence-corrected chi connectivity index (χ0v) is 8.49. The Morgan fingerprint density at radius 3 is 2.88 bits per heavy atom. The maximum atomic E-state index is 10.5. The van der Waals surface area contributed by atoms with E-state index in [9.17, 15) is 10.1 Å². The van der Waals surface area contributed by atoms with Gasteiger partial charge in [-0.1, -0.05) is 11.2 Å². The maximum absolute atomic E-state index is 10.5. The van der Waals surface area contributed by atoms with E-state index >= 15 is 0 Å². The Kier molecular flexibility index (Phi) is 3.96. The average Bonchev–Trinajstić information content (AvgIpc) is 2.26. The van der Waals surface area contributed by atoms with Crippen LogP contribution in [0.4, 0.5) is 11.4 Å². The second-order valence-corrected chi connectivity index (χ2v) is 2.91. The Morgan fingerprint density at radius 2 is 2.25 bits per heavy atom. The SMILES string of the molecule is Cc1ccc([N+](=O)[O-])cc1NN=CC=NO. The highest BCUT2D eigenvalue weighted by Crippen LogP contribution is 2.21. The molecule has 16 heavy (non-hydrogen) atoms. The van der Waals surface area contributed by atoms with Crippen molar-refractivity contribution in [3.63, 3.8) is 0 Å². The van der Waals surface area contributed by atoms with E-state index in [0.29, 0.717) is 5.69 Å². The van der Waals surface area contributed by atoms with Crippen molar-refractivity contribution in [1.29, 1.82) is 0 Å². The predicted molar refractivity (Wildman–Crippen MR) is 60.2 cm³/mol. The van der Waals surface area contributed by atoms with Crippen molar-refractivity contribution in [2.24, 2.45) is 10.3 Å². The molecular weight excluding hydrogens is 212 g/mol. The quantitative estimate of drug-likeness (QED) is 0.351. The second-order valence-electron chi connectivity index (χ2n) is 2.91. The number of non-ortho nitro benzene ring substituents is 1. The van der Waals surface area contributed by atoms with Gasteiger partial charge in [0.2, 0.25) is 0 Å². The summed E-state index contributed by atoms with van der Waals surface area (Å²) < 4.78 is 0. The molecule has 0 amide bonds. The Hall–Kier alpha value is -2.44. The standard InChI is InChI=1S/C9H10N4O3/c1-7-2-3-8(13(15)16)6-9(7)12-10-4-5-11-14/h2-6,12,14H,1H3. The van der Waals surface area contributed by atoms with Gasteiger partial charge < -0.3 is 5.21 Å². The van der Waals surface area contributed by atoms with Crippen LogP contribution in [0.25, 0.3) is 0 Å². The molecule has 2 N–H and O–H groups in total. The van der Waals surface area contributed by atoms with Gasteiger partial charge in [0.15, 0.2) is 0 Å². The monoisotopic (exact) mass is 222 g/mol. The van der Waals surface area contributed by atoms with E-state index in [0.717, 1.165) is 11.8 Å². The van der Waals surface area contributed by atoms with E-state index in [1.807, 2.05) is 0 Å². The van der Waals surface area contributed by atoms with Crippen molar-refractivity contribution in [1.82, 2.24) is 0 Å². The normalized spacial score (nSPS) is 11.1. The topological polar surface area (TPSA) is 100 Å². The number of nitrogens with one attached hydrogen (secondary N) is 1. The molecule has 1 aromatic carbocycles. The molecule has 0 aliphatic carbocycles. The van der Waals surface area contributed by atoms with Gasteiger partial charge >= 0.3 is 0 Å². The summed E-state index contributed by atoms with van der Waals surface area (Å²) in [6.45, 7) is 1.79. The summed E-state index contributed by atoms with van der Waals surface area (Å²) in [4.78, 5) is 10.0. The number of hydrazone groups is 1. The van der Waals surface area contributed by atoms with Crippen molar-refractivity contribution < 1.29 is 10.1 Å². The summed E-state index contributed by atoms with van der Waals surface area (Å²) in [6.07, 6.45) is 2.29. The van der Waals surface area contributed by atoms with Crippen LogP contribution in [0.15, 0.2) is 28.5 Å². The molecular formula is C9H10N4O3. The number of anilines is 1. The highest BCUT2D eigenvalue weighted by molar-refractivity contribution is 6.15. The molecule has 7 nitrogen and oxygen atoms in total. The first-order valence-electron chi connectivity index (χ1n) is 4.35. The number of nitro groups is 1. The summed E-state index contributed by atoms with van der Waals surface area (Å²) >= 11 is 0. The summed E-state index contributed by atoms with van der Waals surface area (Å²) in [5, 5.41) is 25.0. The molecule has 0 saturated heterocycles. The van der Waals surface area contributed by atoms with Crippen LogP contribution >= 0.6 is 0 Å². The number of aryl methyl sites for hydroxylation is 1. The zero-order chi connectivity index (χ0) is 12.0. The van der Waals surface area contributed by atoms with Crippen LogP contribution in [0.1, 0.15) is 5.56 Å². The van der Waals surface area contributed by atoms with Crippen LogP contribution in [0.5, 0.6) is 0 Å². The number of nitro benzene ring substituents is 1. The first kappa shape index (κ1) is 11.6. The lowest BCUT2D eigenvalue weighted by Crippen LogP contribution is -1.95. The number of hydrogen-bond donors (Lipinski definition) is 2. The fourth-order valence-electron chi connectivity index (χ4n) is 1.01. The molecule has 0 spiro atoms. The molecule has 1 rings (SSSR count). The van der Waals surface area contributed by atoms with E-state index in [-0.39, 0.29) is 5.69 Å². The first-order valence-corrected chi connectivity index (χ1v) is 4.35. The lowest BCUT2D eigenvalue weighted by atomic mass is 10.2. The van der Waals surface area contributed by atoms with Crippen LogP contribution in [0.3, 0.4) is 0 Å². The number of nitrogens with zero attached hydrogens (tertiary/aromatic N) is 3. The summed E-state index contributed by atoms with van der Waals surface area (Å²) in [5.74, 6) is 0. The van der Waals surface area contributed by atoms with Crippen LogP contribution in [0, 0.1) is 17.0 Å². The van der Waals surface area contributed by atoms with E-state index in [1.54, 1.807) is 13.0 Å². The van der Waals surface area contributed by atoms with E-state index in [2.05, 4.69) is 15.7 Å². The van der Waals surface area contributed by atoms with Gasteiger partial charge in [-0.25, -0.2) is 0 Å². The van der Waals surface area contributed by atoms with Gasteiger partial charge in [-0.3, -0.25) is 15.5 Å². The van der Waals surface area contributed by atoms with E-state index in [1.165, 1.54) is 18.3 Å². The van der Waals surface area contributed by atoms with E-state index < -0.39 is 4.92 Å². The Bertz CT molecular complexity index is 442. The minimum absolute atomic E-state index is 0.0147. The van der Waals surface area contributed by atoms with Gasteiger partial charge in [-0.15, -0.1) is 0 Å². The molecule has 7 heteroatoms. The zero-order valence-electron chi connectivity index (χ0n) is 8.49. The number of oxime groups is 1. The Balaban J connectivity index is 2.86. The minimum atomic E-state index is -0.483. The Morgan fingerprint density at radius 1 is 1.50 bits per heavy atom. The van der Waals surface area contributed by atoms with Crippen LogP contribution in [-0.4, -0.2) is 22.6 Å². The van der Waals surface area contributed by atoms with Gasteiger partial charge in [0.25, 0.3) is 5.69 Å². The lowest BCUT2D eigenvalue weighted by molar-refractivity contribution is -0.384. The molecule has 0 radical (unpaired) electrons. The van der Waals surface area contributed by atoms with Crippen LogP contribution in [-0.2, 0) is 0 Å².